The Labute approximate surface area is 97.3 Å². The lowest BCUT2D eigenvalue weighted by Gasteiger charge is -2.06. The normalized spacial score (nSPS) is 10.0. The zero-order valence-corrected chi connectivity index (χ0v) is 9.14. The van der Waals surface area contributed by atoms with Crippen LogP contribution < -0.4 is 10.6 Å². The SMILES string of the molecule is Cn1cc(NC(=O)Nc2ccccc2F)cn1. The first-order valence-corrected chi connectivity index (χ1v) is 4.96. The fourth-order valence-electron chi connectivity index (χ4n) is 1.33. The Bertz CT molecular complexity index is 538. The van der Waals surface area contributed by atoms with Gasteiger partial charge in [-0.3, -0.25) is 4.68 Å². The number of carbonyl (C=O) groups excluding carboxylic acids is 1. The molecule has 0 aliphatic carbocycles. The van der Waals surface area contributed by atoms with Crippen LogP contribution in [0.25, 0.3) is 0 Å². The highest BCUT2D eigenvalue weighted by Gasteiger charge is 2.06. The molecule has 0 radical (unpaired) electrons. The topological polar surface area (TPSA) is 59.0 Å². The Balaban J connectivity index is 2.01. The summed E-state index contributed by atoms with van der Waals surface area (Å²) in [5.74, 6) is -0.478. The highest BCUT2D eigenvalue weighted by atomic mass is 19.1. The maximum Gasteiger partial charge on any atom is 0.323 e. The van der Waals surface area contributed by atoms with E-state index in [1.807, 2.05) is 0 Å². The molecule has 0 atom stereocenters. The zero-order chi connectivity index (χ0) is 12.3. The van der Waals surface area contributed by atoms with E-state index in [0.29, 0.717) is 5.69 Å². The number of anilines is 2. The zero-order valence-electron chi connectivity index (χ0n) is 9.14. The van der Waals surface area contributed by atoms with Crippen molar-refractivity contribution in [2.75, 3.05) is 10.6 Å². The van der Waals surface area contributed by atoms with Crippen molar-refractivity contribution in [2.45, 2.75) is 0 Å². The highest BCUT2D eigenvalue weighted by molar-refractivity contribution is 5.99. The molecule has 2 amide bonds. The van der Waals surface area contributed by atoms with Crippen LogP contribution in [0.15, 0.2) is 36.7 Å². The van der Waals surface area contributed by atoms with Crippen LogP contribution in [0, 0.1) is 5.82 Å². The Morgan fingerprint density at radius 2 is 2.12 bits per heavy atom. The molecule has 88 valence electrons. The summed E-state index contributed by atoms with van der Waals surface area (Å²) < 4.78 is 14.8. The number of amides is 2. The van der Waals surface area contributed by atoms with Crippen molar-refractivity contribution in [2.24, 2.45) is 7.05 Å². The van der Waals surface area contributed by atoms with Crippen LogP contribution in [-0.4, -0.2) is 15.8 Å². The van der Waals surface area contributed by atoms with Crippen LogP contribution >= 0.6 is 0 Å². The third kappa shape index (κ3) is 2.81. The van der Waals surface area contributed by atoms with Gasteiger partial charge in [0, 0.05) is 13.2 Å². The second-order valence-corrected chi connectivity index (χ2v) is 3.46. The molecule has 6 heteroatoms. The van der Waals surface area contributed by atoms with Crippen molar-refractivity contribution in [1.82, 2.24) is 9.78 Å². The third-order valence-corrected chi connectivity index (χ3v) is 2.08. The molecular weight excluding hydrogens is 223 g/mol. The molecule has 5 nitrogen and oxygen atoms in total. The van der Waals surface area contributed by atoms with Gasteiger partial charge in [0.05, 0.1) is 17.6 Å². The Morgan fingerprint density at radius 3 is 2.76 bits per heavy atom. The molecule has 0 saturated carbocycles. The van der Waals surface area contributed by atoms with Gasteiger partial charge in [-0.1, -0.05) is 12.1 Å². The molecule has 17 heavy (non-hydrogen) atoms. The Kier molecular flexibility index (Phi) is 3.04. The summed E-state index contributed by atoms with van der Waals surface area (Å²) in [5, 5.41) is 8.84. The number of hydrogen-bond acceptors (Lipinski definition) is 2. The van der Waals surface area contributed by atoms with E-state index in [1.54, 1.807) is 30.1 Å². The number of halogens is 1. The number of para-hydroxylation sites is 1. The van der Waals surface area contributed by atoms with Crippen LogP contribution in [0.4, 0.5) is 20.6 Å². The van der Waals surface area contributed by atoms with Gasteiger partial charge in [0.2, 0.25) is 0 Å². The standard InChI is InChI=1S/C11H11FN4O/c1-16-7-8(6-13-16)14-11(17)15-10-5-3-2-4-9(10)12/h2-7H,1H3,(H2,14,15,17). The molecule has 2 aromatic rings. The van der Waals surface area contributed by atoms with Crippen LogP contribution in [0.1, 0.15) is 0 Å². The maximum absolute atomic E-state index is 13.2. The number of nitrogens with zero attached hydrogens (tertiary/aromatic N) is 2. The summed E-state index contributed by atoms with van der Waals surface area (Å²) >= 11 is 0. The molecule has 1 aromatic carbocycles. The lowest BCUT2D eigenvalue weighted by Crippen LogP contribution is -2.19. The van der Waals surface area contributed by atoms with Gasteiger partial charge in [-0.2, -0.15) is 5.10 Å². The minimum Gasteiger partial charge on any atom is -0.305 e. The number of hydrogen-bond donors (Lipinski definition) is 2. The van der Waals surface area contributed by atoms with Crippen molar-refractivity contribution in [3.8, 4) is 0 Å². The minimum atomic E-state index is -0.511. The number of urea groups is 1. The van der Waals surface area contributed by atoms with E-state index in [1.165, 1.54) is 18.3 Å². The minimum absolute atomic E-state index is 0.133. The van der Waals surface area contributed by atoms with Crippen LogP contribution in [0.3, 0.4) is 0 Å². The Morgan fingerprint density at radius 1 is 1.35 bits per heavy atom. The molecule has 0 bridgehead atoms. The molecule has 1 heterocycles. The first-order chi connectivity index (χ1) is 8.15. The molecule has 2 rings (SSSR count). The largest absolute Gasteiger partial charge is 0.323 e. The van der Waals surface area contributed by atoms with Gasteiger partial charge < -0.3 is 10.6 Å². The third-order valence-electron chi connectivity index (χ3n) is 2.08. The molecule has 0 aliphatic rings. The number of aryl methyl sites for hydroxylation is 1. The second-order valence-electron chi connectivity index (χ2n) is 3.46. The van der Waals surface area contributed by atoms with Crippen LogP contribution in [0.5, 0.6) is 0 Å². The molecule has 2 N–H and O–H groups in total. The van der Waals surface area contributed by atoms with Crippen molar-refractivity contribution in [3.63, 3.8) is 0 Å². The average Bonchev–Trinajstić information content (AvgIpc) is 2.67. The van der Waals surface area contributed by atoms with Gasteiger partial charge in [0.1, 0.15) is 5.82 Å². The first kappa shape index (κ1) is 11.1. The van der Waals surface area contributed by atoms with Crippen molar-refractivity contribution < 1.29 is 9.18 Å². The summed E-state index contributed by atoms with van der Waals surface area (Å²) in [7, 11) is 1.74. The van der Waals surface area contributed by atoms with Gasteiger partial charge >= 0.3 is 6.03 Å². The summed E-state index contributed by atoms with van der Waals surface area (Å²) in [6.45, 7) is 0. The predicted octanol–water partition coefficient (Wildman–Crippen LogP) is 2.20. The number of aromatic nitrogens is 2. The van der Waals surface area contributed by atoms with E-state index in [4.69, 9.17) is 0 Å². The van der Waals surface area contributed by atoms with Gasteiger partial charge in [-0.05, 0) is 12.1 Å². The van der Waals surface area contributed by atoms with Crippen molar-refractivity contribution in [3.05, 3.63) is 42.5 Å². The van der Waals surface area contributed by atoms with Gasteiger partial charge in [0.15, 0.2) is 0 Å². The summed E-state index contributed by atoms with van der Waals surface area (Å²) in [5.41, 5.74) is 0.676. The molecule has 0 aliphatic heterocycles. The molecule has 0 fully saturated rings. The Hall–Kier alpha value is -2.37. The van der Waals surface area contributed by atoms with E-state index in [9.17, 15) is 9.18 Å². The number of benzene rings is 1. The fourth-order valence-corrected chi connectivity index (χ4v) is 1.33. The molecule has 0 saturated heterocycles. The van der Waals surface area contributed by atoms with Crippen LogP contribution in [0.2, 0.25) is 0 Å². The van der Waals surface area contributed by atoms with E-state index in [0.717, 1.165) is 0 Å². The maximum atomic E-state index is 13.2. The quantitative estimate of drug-likeness (QED) is 0.836. The van der Waals surface area contributed by atoms with Crippen LogP contribution in [-0.2, 0) is 7.05 Å². The van der Waals surface area contributed by atoms with Crippen molar-refractivity contribution >= 4 is 17.4 Å². The number of nitrogens with one attached hydrogen (secondary N) is 2. The summed E-state index contributed by atoms with van der Waals surface area (Å²) in [4.78, 5) is 11.5. The number of rotatable bonds is 2. The van der Waals surface area contributed by atoms with E-state index in [2.05, 4.69) is 15.7 Å². The lowest BCUT2D eigenvalue weighted by molar-refractivity contribution is 0.262. The summed E-state index contributed by atoms with van der Waals surface area (Å²) in [6.07, 6.45) is 3.14. The first-order valence-electron chi connectivity index (χ1n) is 4.96. The van der Waals surface area contributed by atoms with E-state index in [-0.39, 0.29) is 5.69 Å². The monoisotopic (exact) mass is 234 g/mol. The van der Waals surface area contributed by atoms with Gasteiger partial charge in [-0.15, -0.1) is 0 Å². The number of carbonyl (C=O) groups is 1. The highest BCUT2D eigenvalue weighted by Crippen LogP contribution is 2.13. The molecule has 1 aromatic heterocycles. The summed E-state index contributed by atoms with van der Waals surface area (Å²) in [6, 6.07) is 5.45. The smallest absolute Gasteiger partial charge is 0.305 e. The molecule has 0 unspecified atom stereocenters. The molecular formula is C11H11FN4O. The lowest BCUT2D eigenvalue weighted by atomic mass is 10.3. The van der Waals surface area contributed by atoms with E-state index < -0.39 is 11.8 Å². The molecule has 0 spiro atoms. The fraction of sp³-hybridized carbons (Fsp3) is 0.0909. The van der Waals surface area contributed by atoms with Gasteiger partial charge in [0.25, 0.3) is 0 Å². The van der Waals surface area contributed by atoms with E-state index >= 15 is 0 Å². The average molecular weight is 234 g/mol. The van der Waals surface area contributed by atoms with Gasteiger partial charge in [-0.25, -0.2) is 9.18 Å². The second kappa shape index (κ2) is 4.65. The predicted molar refractivity (Wildman–Crippen MR) is 62.2 cm³/mol. The van der Waals surface area contributed by atoms with Crippen molar-refractivity contribution in [1.29, 1.82) is 0 Å².